The molecule has 0 saturated heterocycles. The zero-order chi connectivity index (χ0) is 19.4. The van der Waals surface area contributed by atoms with Gasteiger partial charge < -0.3 is 5.32 Å². The Balaban J connectivity index is 1.75. The number of hydrogen-bond acceptors (Lipinski definition) is 5. The molecule has 1 aromatic heterocycles. The van der Waals surface area contributed by atoms with Gasteiger partial charge in [-0.05, 0) is 49.7 Å². The normalized spacial score (nSPS) is 11.0. The van der Waals surface area contributed by atoms with Crippen molar-refractivity contribution in [3.8, 4) is 0 Å². The third-order valence-electron chi connectivity index (χ3n) is 3.94. The molecule has 3 rings (SSSR count). The summed E-state index contributed by atoms with van der Waals surface area (Å²) in [5.74, 6) is 0.516. The summed E-state index contributed by atoms with van der Waals surface area (Å²) in [5.41, 5.74) is 2.36. The Morgan fingerprint density at radius 2 is 1.74 bits per heavy atom. The molecular formula is C20H19N3O3S. The van der Waals surface area contributed by atoms with Gasteiger partial charge in [0.1, 0.15) is 5.82 Å². The van der Waals surface area contributed by atoms with Gasteiger partial charge in [0.15, 0.2) is 5.78 Å². The van der Waals surface area contributed by atoms with Gasteiger partial charge in [-0.1, -0.05) is 30.3 Å². The quantitative estimate of drug-likeness (QED) is 0.627. The van der Waals surface area contributed by atoms with Crippen LogP contribution in [-0.2, 0) is 10.0 Å². The predicted octanol–water partition coefficient (Wildman–Crippen LogP) is 4.14. The van der Waals surface area contributed by atoms with Gasteiger partial charge in [0, 0.05) is 11.3 Å². The Kier molecular flexibility index (Phi) is 5.23. The van der Waals surface area contributed by atoms with Gasteiger partial charge in [-0.3, -0.25) is 9.52 Å². The third-order valence-corrected chi connectivity index (χ3v) is 5.48. The van der Waals surface area contributed by atoms with Crippen molar-refractivity contribution in [2.24, 2.45) is 0 Å². The van der Waals surface area contributed by atoms with E-state index in [1.807, 2.05) is 6.07 Å². The van der Waals surface area contributed by atoms with Crippen LogP contribution >= 0.6 is 0 Å². The maximum atomic E-state index is 12.5. The van der Waals surface area contributed by atoms with Crippen LogP contribution in [0.15, 0.2) is 71.8 Å². The number of pyridine rings is 1. The minimum absolute atomic E-state index is 0.0208. The van der Waals surface area contributed by atoms with Crippen LogP contribution in [0.25, 0.3) is 0 Å². The number of nitrogens with zero attached hydrogens (tertiary/aromatic N) is 1. The number of sulfonamides is 1. The molecule has 2 aromatic carbocycles. The molecule has 27 heavy (non-hydrogen) atoms. The van der Waals surface area contributed by atoms with Crippen molar-refractivity contribution < 1.29 is 13.2 Å². The molecule has 0 amide bonds. The van der Waals surface area contributed by atoms with Crippen molar-refractivity contribution in [2.75, 3.05) is 10.0 Å². The van der Waals surface area contributed by atoms with Gasteiger partial charge >= 0.3 is 0 Å². The second-order valence-electron chi connectivity index (χ2n) is 6.07. The van der Waals surface area contributed by atoms with E-state index in [4.69, 9.17) is 0 Å². The first-order valence-corrected chi connectivity index (χ1v) is 9.76. The SMILES string of the molecule is CC(=O)c1cccc(Nc2ccc(NS(=O)(=O)c3ccccc3C)cn2)c1. The maximum absolute atomic E-state index is 12.5. The molecule has 0 atom stereocenters. The lowest BCUT2D eigenvalue weighted by Gasteiger charge is -2.11. The predicted molar refractivity (Wildman–Crippen MR) is 106 cm³/mol. The van der Waals surface area contributed by atoms with E-state index in [0.717, 1.165) is 5.69 Å². The molecule has 0 bridgehead atoms. The number of Topliss-reactive ketones (excluding diaryl/α,β-unsaturated/α-hetero) is 1. The number of carbonyl (C=O) groups excluding carboxylic acids is 1. The van der Waals surface area contributed by atoms with Crippen molar-refractivity contribution in [3.63, 3.8) is 0 Å². The van der Waals surface area contributed by atoms with E-state index in [9.17, 15) is 13.2 Å². The first-order chi connectivity index (χ1) is 12.8. The second-order valence-corrected chi connectivity index (χ2v) is 7.72. The minimum atomic E-state index is -3.68. The number of aromatic nitrogens is 1. The fourth-order valence-corrected chi connectivity index (χ4v) is 3.85. The average molecular weight is 381 g/mol. The molecule has 0 fully saturated rings. The first-order valence-electron chi connectivity index (χ1n) is 8.28. The molecule has 0 aliphatic heterocycles. The molecule has 0 aliphatic carbocycles. The van der Waals surface area contributed by atoms with E-state index in [1.54, 1.807) is 61.5 Å². The number of benzene rings is 2. The van der Waals surface area contributed by atoms with Crippen LogP contribution < -0.4 is 10.0 Å². The van der Waals surface area contributed by atoms with E-state index in [1.165, 1.54) is 13.1 Å². The van der Waals surface area contributed by atoms with E-state index in [0.29, 0.717) is 22.6 Å². The van der Waals surface area contributed by atoms with E-state index in [-0.39, 0.29) is 10.7 Å². The Morgan fingerprint density at radius 1 is 0.963 bits per heavy atom. The zero-order valence-electron chi connectivity index (χ0n) is 14.9. The molecule has 6 nitrogen and oxygen atoms in total. The standard InChI is InChI=1S/C20H19N3O3S/c1-14-6-3-4-9-19(14)27(25,26)23-18-10-11-20(21-13-18)22-17-8-5-7-16(12-17)15(2)24/h3-13,23H,1-2H3,(H,21,22). The van der Waals surface area contributed by atoms with Crippen molar-refractivity contribution in [3.05, 3.63) is 78.0 Å². The lowest BCUT2D eigenvalue weighted by atomic mass is 10.1. The Labute approximate surface area is 158 Å². The largest absolute Gasteiger partial charge is 0.340 e. The molecule has 0 saturated carbocycles. The van der Waals surface area contributed by atoms with Gasteiger partial charge in [-0.15, -0.1) is 0 Å². The fourth-order valence-electron chi connectivity index (χ4n) is 2.56. The molecule has 0 radical (unpaired) electrons. The second kappa shape index (κ2) is 7.59. The summed E-state index contributed by atoms with van der Waals surface area (Å²) in [6.07, 6.45) is 1.44. The third kappa shape index (κ3) is 4.51. The molecule has 1 heterocycles. The molecule has 3 aromatic rings. The molecule has 2 N–H and O–H groups in total. The number of carbonyl (C=O) groups is 1. The van der Waals surface area contributed by atoms with Crippen molar-refractivity contribution in [1.82, 2.24) is 4.98 Å². The van der Waals surface area contributed by atoms with Crippen molar-refractivity contribution in [1.29, 1.82) is 0 Å². The molecule has 0 spiro atoms. The smallest absolute Gasteiger partial charge is 0.262 e. The van der Waals surface area contributed by atoms with Crippen LogP contribution in [0.3, 0.4) is 0 Å². The monoisotopic (exact) mass is 381 g/mol. The lowest BCUT2D eigenvalue weighted by molar-refractivity contribution is 0.101. The number of hydrogen-bond donors (Lipinski definition) is 2. The summed E-state index contributed by atoms with van der Waals surface area (Å²) >= 11 is 0. The van der Waals surface area contributed by atoms with Gasteiger partial charge in [-0.25, -0.2) is 13.4 Å². The summed E-state index contributed by atoms with van der Waals surface area (Å²) < 4.78 is 27.6. The fraction of sp³-hybridized carbons (Fsp3) is 0.100. The van der Waals surface area contributed by atoms with Crippen LogP contribution in [-0.4, -0.2) is 19.2 Å². The van der Waals surface area contributed by atoms with E-state index < -0.39 is 10.0 Å². The number of aryl methyl sites for hydroxylation is 1. The first kappa shape index (κ1) is 18.6. The summed E-state index contributed by atoms with van der Waals surface area (Å²) in [4.78, 5) is 15.9. The van der Waals surface area contributed by atoms with Crippen LogP contribution in [0.4, 0.5) is 17.2 Å². The zero-order valence-corrected chi connectivity index (χ0v) is 15.7. The van der Waals surface area contributed by atoms with Gasteiger partial charge in [0.25, 0.3) is 10.0 Å². The number of nitrogens with one attached hydrogen (secondary N) is 2. The highest BCUT2D eigenvalue weighted by Gasteiger charge is 2.16. The Bertz CT molecular complexity index is 1080. The molecule has 138 valence electrons. The van der Waals surface area contributed by atoms with Gasteiger partial charge in [0.05, 0.1) is 16.8 Å². The topological polar surface area (TPSA) is 88.2 Å². The maximum Gasteiger partial charge on any atom is 0.262 e. The van der Waals surface area contributed by atoms with Gasteiger partial charge in [0.2, 0.25) is 0 Å². The van der Waals surface area contributed by atoms with Crippen LogP contribution in [0.1, 0.15) is 22.8 Å². The molecule has 0 aliphatic rings. The van der Waals surface area contributed by atoms with E-state index in [2.05, 4.69) is 15.0 Å². The lowest BCUT2D eigenvalue weighted by Crippen LogP contribution is -2.14. The molecular weight excluding hydrogens is 362 g/mol. The summed E-state index contributed by atoms with van der Waals surface area (Å²) in [6.45, 7) is 3.25. The van der Waals surface area contributed by atoms with E-state index >= 15 is 0 Å². The van der Waals surface area contributed by atoms with Crippen molar-refractivity contribution >= 4 is 33.0 Å². The average Bonchev–Trinajstić information content (AvgIpc) is 2.63. The number of ketones is 1. The van der Waals surface area contributed by atoms with Crippen LogP contribution in [0, 0.1) is 6.92 Å². The van der Waals surface area contributed by atoms with Gasteiger partial charge in [-0.2, -0.15) is 0 Å². The van der Waals surface area contributed by atoms with Crippen LogP contribution in [0.5, 0.6) is 0 Å². The Morgan fingerprint density at radius 3 is 2.41 bits per heavy atom. The highest BCUT2D eigenvalue weighted by atomic mass is 32.2. The summed E-state index contributed by atoms with van der Waals surface area (Å²) in [5, 5.41) is 3.09. The Hall–Kier alpha value is -3.19. The highest BCUT2D eigenvalue weighted by Crippen LogP contribution is 2.21. The summed E-state index contributed by atoms with van der Waals surface area (Å²) in [6, 6.07) is 17.1. The van der Waals surface area contributed by atoms with Crippen molar-refractivity contribution in [2.45, 2.75) is 18.7 Å². The summed E-state index contributed by atoms with van der Waals surface area (Å²) in [7, 11) is -3.68. The molecule has 7 heteroatoms. The molecule has 0 unspecified atom stereocenters. The number of anilines is 3. The number of rotatable bonds is 6. The minimum Gasteiger partial charge on any atom is -0.340 e. The highest BCUT2D eigenvalue weighted by molar-refractivity contribution is 7.92. The van der Waals surface area contributed by atoms with Crippen LogP contribution in [0.2, 0.25) is 0 Å².